The number of methoxy groups -OCH3 is 1. The molecule has 0 aromatic heterocycles. The van der Waals surface area contributed by atoms with Gasteiger partial charge in [-0.15, -0.1) is 0 Å². The number of carbonyl (C=O) groups is 1. The molecule has 2 aromatic rings. The maximum Gasteiger partial charge on any atom is 0.285 e. The molecule has 10 heteroatoms. The second-order valence-corrected chi connectivity index (χ2v) is 10.6. The van der Waals surface area contributed by atoms with Gasteiger partial charge < -0.3 is 14.4 Å². The fourth-order valence-corrected chi connectivity index (χ4v) is 7.66. The summed E-state index contributed by atoms with van der Waals surface area (Å²) in [6.07, 6.45) is 0. The summed E-state index contributed by atoms with van der Waals surface area (Å²) in [4.78, 5) is 18.5. The van der Waals surface area contributed by atoms with E-state index in [4.69, 9.17) is 21.1 Å². The van der Waals surface area contributed by atoms with Gasteiger partial charge in [-0.25, -0.2) is 8.42 Å². The number of fused-ring (bicyclic) bond motifs is 1. The lowest BCUT2D eigenvalue weighted by atomic mass is 10.2. The number of amidine groups is 1. The maximum absolute atomic E-state index is 12.4. The van der Waals surface area contributed by atoms with E-state index in [2.05, 4.69) is 4.99 Å². The Morgan fingerprint density at radius 1 is 1.23 bits per heavy atom. The Bertz CT molecular complexity index is 1090. The molecule has 7 nitrogen and oxygen atoms in total. The zero-order valence-electron chi connectivity index (χ0n) is 16.0. The van der Waals surface area contributed by atoms with Crippen molar-refractivity contribution in [1.82, 2.24) is 0 Å². The van der Waals surface area contributed by atoms with Crippen LogP contribution in [-0.2, 0) is 14.6 Å². The zero-order chi connectivity index (χ0) is 21.3. The molecule has 0 aliphatic carbocycles. The lowest BCUT2D eigenvalue weighted by Crippen LogP contribution is -2.37. The molecule has 0 spiro atoms. The fourth-order valence-electron chi connectivity index (χ4n) is 3.47. The average molecular weight is 467 g/mol. The molecule has 2 aliphatic heterocycles. The number of carbonyl (C=O) groups excluding carboxylic acids is 1. The standard InChI is InChI=1S/C20H19ClN2O5S2/c1-27-17-8-7-13(9-15(17)21)23-16-11-30(25,26)12-18(16)29-20(23)22-19(24)10-28-14-5-3-2-4-6-14/h2-9,16,18H,10-12H2,1H3/t16-,18-/m1/s1. The summed E-state index contributed by atoms with van der Waals surface area (Å²) in [6, 6.07) is 13.9. The molecule has 2 heterocycles. The predicted octanol–water partition coefficient (Wildman–Crippen LogP) is 3.03. The van der Waals surface area contributed by atoms with Crippen molar-refractivity contribution in [2.24, 2.45) is 4.99 Å². The monoisotopic (exact) mass is 466 g/mol. The number of ether oxygens (including phenoxy) is 2. The molecule has 2 fully saturated rings. The van der Waals surface area contributed by atoms with Gasteiger partial charge in [0, 0.05) is 10.9 Å². The Kier molecular flexibility index (Phi) is 5.95. The number of aliphatic imine (C=N–C) groups is 1. The third-order valence-electron chi connectivity index (χ3n) is 4.81. The van der Waals surface area contributed by atoms with E-state index in [1.807, 2.05) is 18.2 Å². The van der Waals surface area contributed by atoms with E-state index < -0.39 is 15.7 Å². The molecule has 158 valence electrons. The summed E-state index contributed by atoms with van der Waals surface area (Å²) in [5, 5.41) is 0.641. The van der Waals surface area contributed by atoms with Crippen LogP contribution in [0.1, 0.15) is 0 Å². The molecule has 4 rings (SSSR count). The Morgan fingerprint density at radius 3 is 2.70 bits per heavy atom. The predicted molar refractivity (Wildman–Crippen MR) is 119 cm³/mol. The van der Waals surface area contributed by atoms with Gasteiger partial charge in [0.2, 0.25) is 0 Å². The third-order valence-corrected chi connectivity index (χ3v) is 8.31. The SMILES string of the molecule is COc1ccc(N2C(=NC(=O)COc3ccccc3)S[C@@H]3CS(=O)(=O)C[C@H]32)cc1Cl. The minimum absolute atomic E-state index is 0.00202. The largest absolute Gasteiger partial charge is 0.495 e. The first-order valence-corrected chi connectivity index (χ1v) is 12.2. The molecule has 30 heavy (non-hydrogen) atoms. The van der Waals surface area contributed by atoms with Crippen LogP contribution in [0.15, 0.2) is 53.5 Å². The van der Waals surface area contributed by atoms with E-state index in [1.54, 1.807) is 35.2 Å². The molecular weight excluding hydrogens is 448 g/mol. The van der Waals surface area contributed by atoms with Crippen molar-refractivity contribution in [2.75, 3.05) is 30.1 Å². The highest BCUT2D eigenvalue weighted by Crippen LogP contribution is 2.42. The van der Waals surface area contributed by atoms with Crippen LogP contribution in [0.5, 0.6) is 11.5 Å². The number of nitrogens with zero attached hydrogens (tertiary/aromatic N) is 2. The van der Waals surface area contributed by atoms with Crippen LogP contribution in [0.3, 0.4) is 0 Å². The summed E-state index contributed by atoms with van der Waals surface area (Å²) < 4.78 is 35.0. The molecule has 2 saturated heterocycles. The first-order valence-electron chi connectivity index (χ1n) is 9.15. The number of hydrogen-bond acceptors (Lipinski definition) is 6. The quantitative estimate of drug-likeness (QED) is 0.669. The Morgan fingerprint density at radius 2 is 2.00 bits per heavy atom. The highest BCUT2D eigenvalue weighted by molar-refractivity contribution is 8.16. The van der Waals surface area contributed by atoms with Gasteiger partial charge in [0.25, 0.3) is 5.91 Å². The van der Waals surface area contributed by atoms with Gasteiger partial charge in [-0.3, -0.25) is 4.79 Å². The van der Waals surface area contributed by atoms with Gasteiger partial charge in [-0.05, 0) is 30.3 Å². The fraction of sp³-hybridized carbons (Fsp3) is 0.300. The van der Waals surface area contributed by atoms with Gasteiger partial charge in [0.15, 0.2) is 21.6 Å². The van der Waals surface area contributed by atoms with Gasteiger partial charge in [-0.1, -0.05) is 41.6 Å². The molecule has 1 amide bonds. The van der Waals surface area contributed by atoms with Crippen LogP contribution in [0.4, 0.5) is 5.69 Å². The second-order valence-electron chi connectivity index (χ2n) is 6.88. The van der Waals surface area contributed by atoms with Crippen LogP contribution in [-0.4, -0.2) is 56.0 Å². The number of benzene rings is 2. The van der Waals surface area contributed by atoms with Crippen LogP contribution in [0.2, 0.25) is 5.02 Å². The molecule has 0 N–H and O–H groups in total. The highest BCUT2D eigenvalue weighted by Gasteiger charge is 2.49. The molecule has 0 unspecified atom stereocenters. The van der Waals surface area contributed by atoms with Crippen molar-refractivity contribution >= 4 is 50.0 Å². The van der Waals surface area contributed by atoms with Crippen LogP contribution in [0, 0.1) is 0 Å². The zero-order valence-corrected chi connectivity index (χ0v) is 18.4. The van der Waals surface area contributed by atoms with Crippen LogP contribution >= 0.6 is 23.4 Å². The Labute approximate surface area is 183 Å². The van der Waals surface area contributed by atoms with Gasteiger partial charge in [0.1, 0.15) is 11.5 Å². The van der Waals surface area contributed by atoms with Gasteiger partial charge in [-0.2, -0.15) is 4.99 Å². The molecular formula is C20H19ClN2O5S2. The number of rotatable bonds is 5. The van der Waals surface area contributed by atoms with Crippen molar-refractivity contribution in [3.05, 3.63) is 53.6 Å². The molecule has 0 radical (unpaired) electrons. The normalized spacial score (nSPS) is 23.4. The van der Waals surface area contributed by atoms with E-state index in [9.17, 15) is 13.2 Å². The Hall–Kier alpha value is -2.23. The number of halogens is 1. The van der Waals surface area contributed by atoms with Crippen molar-refractivity contribution in [2.45, 2.75) is 11.3 Å². The minimum atomic E-state index is -3.15. The van der Waals surface area contributed by atoms with E-state index in [-0.39, 0.29) is 29.4 Å². The summed E-state index contributed by atoms with van der Waals surface area (Å²) in [5.74, 6) is 0.688. The number of thioether (sulfide) groups is 1. The topological polar surface area (TPSA) is 85.3 Å². The van der Waals surface area contributed by atoms with Crippen molar-refractivity contribution < 1.29 is 22.7 Å². The van der Waals surface area contributed by atoms with Crippen LogP contribution in [0.25, 0.3) is 0 Å². The van der Waals surface area contributed by atoms with Gasteiger partial charge in [0.05, 0.1) is 29.7 Å². The average Bonchev–Trinajstić information content (AvgIpc) is 3.17. The van der Waals surface area contributed by atoms with Crippen molar-refractivity contribution in [3.8, 4) is 11.5 Å². The van der Waals surface area contributed by atoms with Crippen molar-refractivity contribution in [1.29, 1.82) is 0 Å². The van der Waals surface area contributed by atoms with E-state index in [1.165, 1.54) is 18.9 Å². The smallest absolute Gasteiger partial charge is 0.285 e. The molecule has 2 atom stereocenters. The van der Waals surface area contributed by atoms with E-state index in [0.29, 0.717) is 27.4 Å². The molecule has 2 aromatic carbocycles. The summed E-state index contributed by atoms with van der Waals surface area (Å²) in [6.45, 7) is -0.209. The van der Waals surface area contributed by atoms with E-state index >= 15 is 0 Å². The van der Waals surface area contributed by atoms with Gasteiger partial charge >= 0.3 is 0 Å². The number of hydrogen-bond donors (Lipinski definition) is 0. The number of para-hydroxylation sites is 1. The minimum Gasteiger partial charge on any atom is -0.495 e. The lowest BCUT2D eigenvalue weighted by molar-refractivity contribution is -0.119. The molecule has 0 saturated carbocycles. The second kappa shape index (κ2) is 8.49. The number of sulfone groups is 1. The molecule has 2 aliphatic rings. The number of amides is 1. The summed E-state index contributed by atoms with van der Waals surface area (Å²) in [5.41, 5.74) is 0.661. The summed E-state index contributed by atoms with van der Waals surface area (Å²) >= 11 is 7.57. The maximum atomic E-state index is 12.4. The highest BCUT2D eigenvalue weighted by atomic mass is 35.5. The first kappa shape index (κ1) is 21.0. The van der Waals surface area contributed by atoms with Crippen molar-refractivity contribution in [3.63, 3.8) is 0 Å². The first-order chi connectivity index (χ1) is 14.4. The van der Waals surface area contributed by atoms with E-state index in [0.717, 1.165) is 0 Å². The summed E-state index contributed by atoms with van der Waals surface area (Å²) in [7, 11) is -1.63. The van der Waals surface area contributed by atoms with Crippen LogP contribution < -0.4 is 14.4 Å². The lowest BCUT2D eigenvalue weighted by Gasteiger charge is -2.25. The number of anilines is 1. The third kappa shape index (κ3) is 4.43. The Balaban J connectivity index is 1.60. The molecule has 0 bridgehead atoms.